The number of benzene rings is 1. The third-order valence-corrected chi connectivity index (χ3v) is 4.85. The van der Waals surface area contributed by atoms with E-state index in [9.17, 15) is 4.79 Å². The van der Waals surface area contributed by atoms with Gasteiger partial charge in [-0.1, -0.05) is 53.4 Å². The first-order chi connectivity index (χ1) is 10.1. The van der Waals surface area contributed by atoms with Crippen LogP contribution in [0.1, 0.15) is 11.3 Å². The average Bonchev–Trinajstić information content (AvgIpc) is 3.00. The minimum atomic E-state index is -0.172. The molecule has 0 radical (unpaired) electrons. The Labute approximate surface area is 136 Å². The number of nitrogens with one attached hydrogen (secondary N) is 1. The van der Waals surface area contributed by atoms with Gasteiger partial charge in [0.1, 0.15) is 10.1 Å². The Morgan fingerprint density at radius 1 is 1.24 bits per heavy atom. The fourth-order valence-electron chi connectivity index (χ4n) is 1.74. The van der Waals surface area contributed by atoms with Crippen molar-refractivity contribution < 1.29 is 9.21 Å². The summed E-state index contributed by atoms with van der Waals surface area (Å²) in [4.78, 5) is 13.3. The Bertz CT molecular complexity index is 732. The van der Waals surface area contributed by atoms with Crippen molar-refractivity contribution in [2.24, 2.45) is 0 Å². The largest absolute Gasteiger partial charge is 0.450 e. The Kier molecular flexibility index (Phi) is 4.19. The molecule has 1 aliphatic rings. The third-order valence-electron chi connectivity index (χ3n) is 2.76. The van der Waals surface area contributed by atoms with Gasteiger partial charge in [-0.25, -0.2) is 0 Å². The lowest BCUT2D eigenvalue weighted by Gasteiger charge is -1.98. The van der Waals surface area contributed by atoms with Crippen molar-refractivity contribution >= 4 is 52.0 Å². The fourth-order valence-corrected chi connectivity index (χ4v) is 3.54. The first-order valence-corrected chi connectivity index (χ1v) is 8.23. The molecule has 3 nitrogen and oxygen atoms in total. The second-order valence-electron chi connectivity index (χ2n) is 4.42. The number of hydrogen-bond acceptors (Lipinski definition) is 5. The highest BCUT2D eigenvalue weighted by molar-refractivity contribution is 8.26. The zero-order valence-electron chi connectivity index (χ0n) is 11.1. The number of hydrogen-bond donors (Lipinski definition) is 1. The number of furan rings is 1. The molecule has 1 amide bonds. The molecule has 3 rings (SSSR count). The van der Waals surface area contributed by atoms with E-state index in [1.165, 1.54) is 17.3 Å². The Morgan fingerprint density at radius 3 is 2.67 bits per heavy atom. The van der Waals surface area contributed by atoms with Crippen LogP contribution in [0.2, 0.25) is 0 Å². The van der Waals surface area contributed by atoms with Crippen LogP contribution < -0.4 is 5.32 Å². The zero-order valence-corrected chi connectivity index (χ0v) is 13.5. The first kappa shape index (κ1) is 14.4. The van der Waals surface area contributed by atoms with E-state index in [1.807, 2.05) is 12.1 Å². The highest BCUT2D eigenvalue weighted by atomic mass is 32.2. The van der Waals surface area contributed by atoms with Gasteiger partial charge in [0.2, 0.25) is 0 Å². The van der Waals surface area contributed by atoms with Gasteiger partial charge in [-0.15, -0.1) is 0 Å². The SMILES string of the molecule is Cc1ccc(Sc2ccc(C=C3SC(=S)NC3=O)o2)cc1. The van der Waals surface area contributed by atoms with Gasteiger partial charge in [0.05, 0.1) is 4.91 Å². The monoisotopic (exact) mass is 333 g/mol. The van der Waals surface area contributed by atoms with Gasteiger partial charge in [-0.3, -0.25) is 4.79 Å². The van der Waals surface area contributed by atoms with Crippen LogP contribution in [0.15, 0.2) is 55.7 Å². The standard InChI is InChI=1S/C15H11NO2S3/c1-9-2-5-11(6-3-9)20-13-7-4-10(18-13)8-12-14(17)16-15(19)21-12/h2-8H,1H3,(H,16,17,19). The smallest absolute Gasteiger partial charge is 0.263 e. The lowest BCUT2D eigenvalue weighted by molar-refractivity contribution is -0.115. The summed E-state index contributed by atoms with van der Waals surface area (Å²) >= 11 is 7.74. The summed E-state index contributed by atoms with van der Waals surface area (Å²) in [6, 6.07) is 12.0. The lowest BCUT2D eigenvalue weighted by Crippen LogP contribution is -2.17. The molecular formula is C15H11NO2S3. The Morgan fingerprint density at radius 2 is 2.00 bits per heavy atom. The molecule has 1 fully saturated rings. The summed E-state index contributed by atoms with van der Waals surface area (Å²) in [5, 5.41) is 3.37. The number of aryl methyl sites for hydroxylation is 1. The molecule has 21 heavy (non-hydrogen) atoms. The maximum atomic E-state index is 11.6. The van der Waals surface area contributed by atoms with Crippen molar-refractivity contribution in [1.82, 2.24) is 5.32 Å². The van der Waals surface area contributed by atoms with E-state index < -0.39 is 0 Å². The molecule has 2 aromatic rings. The molecule has 0 atom stereocenters. The summed E-state index contributed by atoms with van der Waals surface area (Å²) in [6.07, 6.45) is 1.71. The molecule has 1 saturated heterocycles. The fraction of sp³-hybridized carbons (Fsp3) is 0.0667. The first-order valence-electron chi connectivity index (χ1n) is 6.19. The lowest BCUT2D eigenvalue weighted by atomic mass is 10.2. The molecule has 0 aliphatic carbocycles. The van der Waals surface area contributed by atoms with Gasteiger partial charge in [0.15, 0.2) is 5.09 Å². The molecule has 106 valence electrons. The van der Waals surface area contributed by atoms with Gasteiger partial charge < -0.3 is 9.73 Å². The molecule has 0 spiro atoms. The Hall–Kier alpha value is -1.50. The normalized spacial score (nSPS) is 16.5. The van der Waals surface area contributed by atoms with Crippen molar-refractivity contribution in [3.8, 4) is 0 Å². The van der Waals surface area contributed by atoms with E-state index in [2.05, 4.69) is 36.5 Å². The van der Waals surface area contributed by atoms with Crippen molar-refractivity contribution in [3.63, 3.8) is 0 Å². The van der Waals surface area contributed by atoms with E-state index in [0.29, 0.717) is 15.0 Å². The van der Waals surface area contributed by atoms with Crippen molar-refractivity contribution in [3.05, 3.63) is 52.6 Å². The van der Waals surface area contributed by atoms with Gasteiger partial charge in [0, 0.05) is 11.0 Å². The van der Waals surface area contributed by atoms with Gasteiger partial charge in [0.25, 0.3) is 5.91 Å². The van der Waals surface area contributed by atoms with E-state index in [4.69, 9.17) is 16.6 Å². The van der Waals surface area contributed by atoms with Gasteiger partial charge in [-0.05, 0) is 31.2 Å². The summed E-state index contributed by atoms with van der Waals surface area (Å²) in [5.74, 6) is 0.473. The molecule has 1 aromatic heterocycles. The van der Waals surface area contributed by atoms with E-state index in [-0.39, 0.29) is 5.91 Å². The van der Waals surface area contributed by atoms with Gasteiger partial charge >= 0.3 is 0 Å². The molecule has 1 aromatic carbocycles. The number of carbonyl (C=O) groups is 1. The third kappa shape index (κ3) is 3.58. The summed E-state index contributed by atoms with van der Waals surface area (Å²) < 4.78 is 6.19. The van der Waals surface area contributed by atoms with Gasteiger partial charge in [-0.2, -0.15) is 0 Å². The predicted octanol–water partition coefficient (Wildman–Crippen LogP) is 4.23. The summed E-state index contributed by atoms with van der Waals surface area (Å²) in [5.41, 5.74) is 1.23. The number of carbonyl (C=O) groups excluding carboxylic acids is 1. The Balaban J connectivity index is 1.74. The van der Waals surface area contributed by atoms with Crippen LogP contribution in [-0.2, 0) is 4.79 Å². The van der Waals surface area contributed by atoms with E-state index >= 15 is 0 Å². The van der Waals surface area contributed by atoms with E-state index in [0.717, 1.165) is 9.99 Å². The van der Waals surface area contributed by atoms with Crippen LogP contribution in [0, 0.1) is 6.92 Å². The minimum Gasteiger partial charge on any atom is -0.450 e. The second kappa shape index (κ2) is 6.09. The van der Waals surface area contributed by atoms with Crippen LogP contribution >= 0.6 is 35.7 Å². The molecule has 1 N–H and O–H groups in total. The van der Waals surface area contributed by atoms with Crippen LogP contribution in [0.4, 0.5) is 0 Å². The zero-order chi connectivity index (χ0) is 14.8. The molecule has 0 bridgehead atoms. The molecular weight excluding hydrogens is 322 g/mol. The highest BCUT2D eigenvalue weighted by Gasteiger charge is 2.22. The van der Waals surface area contributed by atoms with Crippen molar-refractivity contribution in [2.75, 3.05) is 0 Å². The number of thiocarbonyl (C=S) groups is 1. The maximum Gasteiger partial charge on any atom is 0.263 e. The average molecular weight is 333 g/mol. The number of rotatable bonds is 3. The number of thioether (sulfide) groups is 1. The maximum absolute atomic E-state index is 11.6. The molecule has 2 heterocycles. The predicted molar refractivity (Wildman–Crippen MR) is 90.3 cm³/mol. The summed E-state index contributed by atoms with van der Waals surface area (Å²) in [6.45, 7) is 2.06. The van der Waals surface area contributed by atoms with Crippen LogP contribution in [-0.4, -0.2) is 10.2 Å². The van der Waals surface area contributed by atoms with Crippen LogP contribution in [0.25, 0.3) is 6.08 Å². The number of amides is 1. The van der Waals surface area contributed by atoms with Crippen molar-refractivity contribution in [1.29, 1.82) is 0 Å². The molecule has 1 aliphatic heterocycles. The van der Waals surface area contributed by atoms with Crippen LogP contribution in [0.3, 0.4) is 0 Å². The minimum absolute atomic E-state index is 0.172. The molecule has 0 unspecified atom stereocenters. The molecule has 0 saturated carbocycles. The summed E-state index contributed by atoms with van der Waals surface area (Å²) in [7, 11) is 0. The highest BCUT2D eigenvalue weighted by Crippen LogP contribution is 2.31. The van der Waals surface area contributed by atoms with E-state index in [1.54, 1.807) is 17.8 Å². The van der Waals surface area contributed by atoms with Crippen molar-refractivity contribution in [2.45, 2.75) is 16.9 Å². The quantitative estimate of drug-likeness (QED) is 0.672. The second-order valence-corrected chi connectivity index (χ2v) is 7.22. The van der Waals surface area contributed by atoms with Crippen LogP contribution in [0.5, 0.6) is 0 Å². The molecule has 6 heteroatoms. The topological polar surface area (TPSA) is 42.2 Å².